The van der Waals surface area contributed by atoms with Gasteiger partial charge in [0.05, 0.1) is 23.6 Å². The van der Waals surface area contributed by atoms with Gasteiger partial charge in [0.15, 0.2) is 0 Å². The molecule has 0 aliphatic rings. The summed E-state index contributed by atoms with van der Waals surface area (Å²) in [5, 5.41) is 2.55. The van der Waals surface area contributed by atoms with E-state index in [-0.39, 0.29) is 27.5 Å². The fourth-order valence-corrected chi connectivity index (χ4v) is 4.15. The van der Waals surface area contributed by atoms with E-state index in [1.807, 2.05) is 37.3 Å². The fraction of sp³-hybridized carbons (Fsp3) is 0.158. The van der Waals surface area contributed by atoms with Gasteiger partial charge in [-0.1, -0.05) is 54.1 Å². The quantitative estimate of drug-likeness (QED) is 0.641. The van der Waals surface area contributed by atoms with Gasteiger partial charge < -0.3 is 9.88 Å². The van der Waals surface area contributed by atoms with Crippen molar-refractivity contribution in [3.63, 3.8) is 0 Å². The zero-order valence-corrected chi connectivity index (χ0v) is 16.8. The number of hydrogen-bond acceptors (Lipinski definition) is 4. The largest absolute Gasteiger partial charge is 0.345 e. The van der Waals surface area contributed by atoms with Gasteiger partial charge in [-0.3, -0.25) is 9.52 Å². The van der Waals surface area contributed by atoms with Crippen molar-refractivity contribution in [1.82, 2.24) is 14.9 Å². The average Bonchev–Trinajstić information content (AvgIpc) is 3.02. The zero-order chi connectivity index (χ0) is 20.3. The Balaban J connectivity index is 1.85. The van der Waals surface area contributed by atoms with E-state index >= 15 is 0 Å². The SMILES string of the molecule is CC(NC(=O)c1ccccc1NS(=O)(=O)c1ncn(C)c1Cl)c1ccccc1. The third-order valence-electron chi connectivity index (χ3n) is 4.15. The van der Waals surface area contributed by atoms with Crippen molar-refractivity contribution in [3.05, 3.63) is 77.2 Å². The molecule has 146 valence electrons. The molecule has 0 bridgehead atoms. The van der Waals surface area contributed by atoms with Gasteiger partial charge in [-0.15, -0.1) is 0 Å². The molecule has 9 heteroatoms. The van der Waals surface area contributed by atoms with Crippen molar-refractivity contribution < 1.29 is 13.2 Å². The second kappa shape index (κ2) is 8.04. The molecule has 2 aromatic carbocycles. The predicted octanol–water partition coefficient (Wildman–Crippen LogP) is 3.37. The van der Waals surface area contributed by atoms with E-state index < -0.39 is 15.9 Å². The number of amides is 1. The van der Waals surface area contributed by atoms with Crippen LogP contribution in [0.4, 0.5) is 5.69 Å². The number of nitrogens with one attached hydrogen (secondary N) is 2. The Bertz CT molecular complexity index is 1100. The van der Waals surface area contributed by atoms with E-state index in [0.717, 1.165) is 5.56 Å². The highest BCUT2D eigenvalue weighted by atomic mass is 35.5. The van der Waals surface area contributed by atoms with Crippen LogP contribution < -0.4 is 10.0 Å². The average molecular weight is 419 g/mol. The van der Waals surface area contributed by atoms with E-state index in [2.05, 4.69) is 15.0 Å². The normalized spacial score (nSPS) is 12.4. The topological polar surface area (TPSA) is 93.1 Å². The number of carbonyl (C=O) groups excluding carboxylic acids is 1. The van der Waals surface area contributed by atoms with Gasteiger partial charge in [0.25, 0.3) is 15.9 Å². The lowest BCUT2D eigenvalue weighted by Crippen LogP contribution is -2.28. The van der Waals surface area contributed by atoms with Gasteiger partial charge >= 0.3 is 0 Å². The van der Waals surface area contributed by atoms with E-state index in [9.17, 15) is 13.2 Å². The number of aryl methyl sites for hydroxylation is 1. The van der Waals surface area contributed by atoms with Crippen molar-refractivity contribution in [2.75, 3.05) is 4.72 Å². The summed E-state index contributed by atoms with van der Waals surface area (Å²) in [6.07, 6.45) is 1.30. The van der Waals surface area contributed by atoms with E-state index in [4.69, 9.17) is 11.6 Å². The molecule has 1 atom stereocenters. The van der Waals surface area contributed by atoms with Crippen LogP contribution in [0, 0.1) is 0 Å². The Kier molecular flexibility index (Phi) is 5.71. The minimum absolute atomic E-state index is 0.0212. The molecule has 0 spiro atoms. The molecule has 0 fully saturated rings. The minimum Gasteiger partial charge on any atom is -0.345 e. The maximum atomic E-state index is 12.8. The summed E-state index contributed by atoms with van der Waals surface area (Å²) in [5.41, 5.74) is 1.28. The van der Waals surface area contributed by atoms with Crippen molar-refractivity contribution in [2.45, 2.75) is 18.0 Å². The minimum atomic E-state index is -4.05. The molecule has 28 heavy (non-hydrogen) atoms. The van der Waals surface area contributed by atoms with E-state index in [0.29, 0.717) is 0 Å². The molecule has 3 rings (SSSR count). The number of carbonyl (C=O) groups is 1. The lowest BCUT2D eigenvalue weighted by Gasteiger charge is -2.16. The second-order valence-electron chi connectivity index (χ2n) is 6.21. The first kappa shape index (κ1) is 19.9. The van der Waals surface area contributed by atoms with Crippen LogP contribution in [0.1, 0.15) is 28.9 Å². The third kappa shape index (κ3) is 4.18. The monoisotopic (exact) mass is 418 g/mol. The van der Waals surface area contributed by atoms with Gasteiger partial charge in [0.2, 0.25) is 5.03 Å². The standard InChI is InChI=1S/C19H19ClN4O3S/c1-13(14-8-4-3-5-9-14)22-18(25)15-10-6-7-11-16(15)23-28(26,27)19-17(20)24(2)12-21-19/h3-13,23H,1-2H3,(H,22,25). The summed E-state index contributed by atoms with van der Waals surface area (Å²) >= 11 is 6.00. The highest BCUT2D eigenvalue weighted by Gasteiger charge is 2.24. The van der Waals surface area contributed by atoms with E-state index in [1.54, 1.807) is 25.2 Å². The Morgan fingerprint density at radius 1 is 1.11 bits per heavy atom. The van der Waals surface area contributed by atoms with Crippen molar-refractivity contribution in [1.29, 1.82) is 0 Å². The van der Waals surface area contributed by atoms with Crippen LogP contribution in [0.25, 0.3) is 0 Å². The molecule has 7 nitrogen and oxygen atoms in total. The third-order valence-corrected chi connectivity index (χ3v) is 6.01. The Morgan fingerprint density at radius 3 is 2.39 bits per heavy atom. The highest BCUT2D eigenvalue weighted by molar-refractivity contribution is 7.92. The zero-order valence-electron chi connectivity index (χ0n) is 15.3. The summed E-state index contributed by atoms with van der Waals surface area (Å²) in [7, 11) is -2.47. The number of halogens is 1. The Morgan fingerprint density at radius 2 is 1.75 bits per heavy atom. The number of hydrogen-bond donors (Lipinski definition) is 2. The molecule has 0 radical (unpaired) electrons. The summed E-state index contributed by atoms with van der Waals surface area (Å²) in [4.78, 5) is 16.6. The summed E-state index contributed by atoms with van der Waals surface area (Å²) in [6.45, 7) is 1.85. The number of sulfonamides is 1. The lowest BCUT2D eigenvalue weighted by atomic mass is 10.1. The molecule has 2 N–H and O–H groups in total. The molecule has 1 heterocycles. The summed E-state index contributed by atoms with van der Waals surface area (Å²) < 4.78 is 29.1. The molecule has 1 amide bonds. The molecule has 0 aliphatic heterocycles. The van der Waals surface area contributed by atoms with Crippen molar-refractivity contribution in [2.24, 2.45) is 7.05 Å². The van der Waals surface area contributed by atoms with Crippen LogP contribution in [0.15, 0.2) is 66.0 Å². The van der Waals surface area contributed by atoms with Gasteiger partial charge in [-0.25, -0.2) is 4.98 Å². The molecular weight excluding hydrogens is 400 g/mol. The molecule has 3 aromatic rings. The lowest BCUT2D eigenvalue weighted by molar-refractivity contribution is 0.0941. The van der Waals surface area contributed by atoms with Gasteiger partial charge in [0.1, 0.15) is 5.15 Å². The van der Waals surface area contributed by atoms with Gasteiger partial charge in [-0.2, -0.15) is 8.42 Å². The van der Waals surface area contributed by atoms with Crippen LogP contribution in [0.2, 0.25) is 5.15 Å². The summed E-state index contributed by atoms with van der Waals surface area (Å²) in [5.74, 6) is -0.401. The number of nitrogens with zero attached hydrogens (tertiary/aromatic N) is 2. The van der Waals surface area contributed by atoms with Crippen LogP contribution >= 0.6 is 11.6 Å². The smallest absolute Gasteiger partial charge is 0.282 e. The number of aromatic nitrogens is 2. The van der Waals surface area contributed by atoms with Gasteiger partial charge in [-0.05, 0) is 24.6 Å². The molecule has 0 saturated carbocycles. The second-order valence-corrected chi connectivity index (χ2v) is 8.16. The summed E-state index contributed by atoms with van der Waals surface area (Å²) in [6, 6.07) is 15.6. The number of rotatable bonds is 6. The van der Waals surface area contributed by atoms with Crippen LogP contribution in [-0.2, 0) is 17.1 Å². The van der Waals surface area contributed by atoms with Crippen LogP contribution in [0.5, 0.6) is 0 Å². The highest BCUT2D eigenvalue weighted by Crippen LogP contribution is 2.24. The number of anilines is 1. The maximum absolute atomic E-state index is 12.8. The molecule has 1 unspecified atom stereocenters. The first-order chi connectivity index (χ1) is 13.3. The van der Waals surface area contributed by atoms with Crippen molar-refractivity contribution >= 4 is 33.2 Å². The number of imidazole rings is 1. The molecule has 1 aromatic heterocycles. The van der Waals surface area contributed by atoms with Gasteiger partial charge in [0, 0.05) is 7.05 Å². The predicted molar refractivity (Wildman–Crippen MR) is 108 cm³/mol. The van der Waals surface area contributed by atoms with Crippen molar-refractivity contribution in [3.8, 4) is 0 Å². The Hall–Kier alpha value is -2.84. The maximum Gasteiger partial charge on any atom is 0.282 e. The van der Waals surface area contributed by atoms with E-state index in [1.165, 1.54) is 17.0 Å². The molecular formula is C19H19ClN4O3S. The first-order valence-electron chi connectivity index (χ1n) is 8.44. The molecule has 0 saturated heterocycles. The number of para-hydroxylation sites is 1. The fourth-order valence-electron chi connectivity index (χ4n) is 2.64. The first-order valence-corrected chi connectivity index (χ1v) is 10.3. The Labute approximate surface area is 168 Å². The number of benzene rings is 2. The molecule has 0 aliphatic carbocycles. The van der Waals surface area contributed by atoms with Crippen LogP contribution in [-0.4, -0.2) is 23.9 Å². The van der Waals surface area contributed by atoms with Crippen LogP contribution in [0.3, 0.4) is 0 Å².